The van der Waals surface area contributed by atoms with Crippen molar-refractivity contribution in [1.82, 2.24) is 9.88 Å². The Bertz CT molecular complexity index is 1300. The van der Waals surface area contributed by atoms with Crippen LogP contribution in [0.2, 0.25) is 5.02 Å². The van der Waals surface area contributed by atoms with Crippen molar-refractivity contribution in [2.75, 3.05) is 19.6 Å². The van der Waals surface area contributed by atoms with Crippen LogP contribution in [0.4, 0.5) is 0 Å². The van der Waals surface area contributed by atoms with Gasteiger partial charge in [0, 0.05) is 54.0 Å². The van der Waals surface area contributed by atoms with Crippen LogP contribution in [0.15, 0.2) is 72.0 Å². The van der Waals surface area contributed by atoms with Gasteiger partial charge in [0.05, 0.1) is 5.60 Å². The Morgan fingerprint density at radius 1 is 1.14 bits per heavy atom. The highest BCUT2D eigenvalue weighted by atomic mass is 35.5. The van der Waals surface area contributed by atoms with Crippen molar-refractivity contribution in [3.8, 4) is 11.6 Å². The molecule has 2 aliphatic heterocycles. The Balaban J connectivity index is 1.31. The summed E-state index contributed by atoms with van der Waals surface area (Å²) in [5, 5.41) is 24.3. The fourth-order valence-electron chi connectivity index (χ4n) is 5.04. The van der Waals surface area contributed by atoms with E-state index in [-0.39, 0.29) is 5.84 Å². The molecule has 0 spiro atoms. The number of aliphatic hydroxyl groups is 1. The van der Waals surface area contributed by atoms with E-state index in [0.29, 0.717) is 41.5 Å². The molecule has 0 aliphatic carbocycles. The largest absolute Gasteiger partial charge is 0.438 e. The summed E-state index contributed by atoms with van der Waals surface area (Å²) in [6.07, 6.45) is 6.72. The van der Waals surface area contributed by atoms with E-state index >= 15 is 0 Å². The second-order valence-corrected chi connectivity index (χ2v) is 9.74. The van der Waals surface area contributed by atoms with Crippen molar-refractivity contribution in [3.63, 3.8) is 0 Å². The van der Waals surface area contributed by atoms with Gasteiger partial charge in [-0.3, -0.25) is 0 Å². The van der Waals surface area contributed by atoms with E-state index in [1.807, 2.05) is 54.6 Å². The maximum absolute atomic E-state index is 11.2. The number of rotatable bonds is 5. The predicted molar refractivity (Wildman–Crippen MR) is 141 cm³/mol. The van der Waals surface area contributed by atoms with Gasteiger partial charge < -0.3 is 25.7 Å². The van der Waals surface area contributed by atoms with Gasteiger partial charge in [-0.25, -0.2) is 4.98 Å². The summed E-state index contributed by atoms with van der Waals surface area (Å²) in [6.45, 7) is 2.52. The number of allylic oxidation sites excluding steroid dienone is 1. The number of aromatic nitrogens is 1. The zero-order valence-corrected chi connectivity index (χ0v) is 20.7. The van der Waals surface area contributed by atoms with E-state index in [9.17, 15) is 10.3 Å². The van der Waals surface area contributed by atoms with E-state index in [0.717, 1.165) is 48.3 Å². The lowest BCUT2D eigenvalue weighted by Gasteiger charge is -2.38. The maximum Gasteiger partial charge on any atom is 0.226 e. The first-order valence-corrected chi connectivity index (χ1v) is 12.5. The second kappa shape index (κ2) is 10.3. The van der Waals surface area contributed by atoms with Gasteiger partial charge in [0.1, 0.15) is 5.75 Å². The number of amidine groups is 1. The van der Waals surface area contributed by atoms with Crippen LogP contribution in [0.3, 0.4) is 0 Å². The third-order valence-electron chi connectivity index (χ3n) is 7.11. The van der Waals surface area contributed by atoms with Crippen molar-refractivity contribution < 1.29 is 15.1 Å². The number of hydrogen-bond acceptors (Lipinski definition) is 6. The number of piperidine rings is 1. The summed E-state index contributed by atoms with van der Waals surface area (Å²) >= 11 is 6.01. The zero-order valence-electron chi connectivity index (χ0n) is 19.9. The summed E-state index contributed by atoms with van der Waals surface area (Å²) in [6, 6.07) is 16.9. The lowest BCUT2D eigenvalue weighted by molar-refractivity contribution is -0.0254. The molecule has 0 bridgehead atoms. The molecule has 3 aromatic rings. The van der Waals surface area contributed by atoms with E-state index in [4.69, 9.17) is 22.1 Å². The number of likely N-dealkylation sites (tertiary alicyclic amines) is 1. The molecule has 2 aromatic carbocycles. The summed E-state index contributed by atoms with van der Waals surface area (Å²) in [7, 11) is 0. The highest BCUT2D eigenvalue weighted by molar-refractivity contribution is 6.30. The van der Waals surface area contributed by atoms with Crippen molar-refractivity contribution in [1.29, 1.82) is 0 Å². The van der Waals surface area contributed by atoms with E-state index in [1.165, 1.54) is 0 Å². The maximum atomic E-state index is 11.2. The van der Waals surface area contributed by atoms with E-state index in [2.05, 4.69) is 21.1 Å². The number of nitrogens with two attached hydrogens (primary N) is 1. The van der Waals surface area contributed by atoms with Crippen LogP contribution >= 0.6 is 11.6 Å². The molecular weight excluding hydrogens is 476 g/mol. The van der Waals surface area contributed by atoms with Crippen molar-refractivity contribution in [3.05, 3.63) is 94.1 Å². The molecule has 5 rings (SSSR count). The monoisotopic (exact) mass is 504 g/mol. The number of ether oxygens (including phenoxy) is 1. The topological polar surface area (TPSA) is 104 Å². The number of nitrogens with zero attached hydrogens (tertiary/aromatic N) is 3. The minimum absolute atomic E-state index is 0.0511. The normalized spacial score (nSPS) is 18.7. The first kappa shape index (κ1) is 24.3. The standard InChI is InChI=1S/C28H29ClN4O3/c29-21-10-8-20(9-11-21)28(34)12-16-33(17-13-28)15-3-4-19-18-24-23(26(30)32-35)5-1-7-25(24)36-27-22(19)6-2-14-31-27/h1-2,4-11,14,34-35H,3,12-13,15-18H2,(H2,30,32)/b19-4-. The molecule has 1 saturated heterocycles. The smallest absolute Gasteiger partial charge is 0.226 e. The van der Waals surface area contributed by atoms with Crippen molar-refractivity contribution >= 4 is 23.0 Å². The van der Waals surface area contributed by atoms with Gasteiger partial charge in [-0.05, 0) is 60.7 Å². The fraction of sp³-hybridized carbons (Fsp3) is 0.286. The van der Waals surface area contributed by atoms with Crippen LogP contribution in [0.5, 0.6) is 11.6 Å². The molecule has 0 amide bonds. The zero-order chi connectivity index (χ0) is 25.1. The average molecular weight is 505 g/mol. The van der Waals surface area contributed by atoms with Crippen LogP contribution in [0, 0.1) is 0 Å². The molecule has 1 aromatic heterocycles. The minimum atomic E-state index is -0.808. The molecule has 7 nitrogen and oxygen atoms in total. The number of benzene rings is 2. The number of hydrogen-bond donors (Lipinski definition) is 3. The van der Waals surface area contributed by atoms with Crippen LogP contribution in [-0.2, 0) is 12.0 Å². The summed E-state index contributed by atoms with van der Waals surface area (Å²) in [5.74, 6) is 1.25. The molecule has 0 unspecified atom stereocenters. The molecule has 0 atom stereocenters. The van der Waals surface area contributed by atoms with Gasteiger partial charge in [-0.1, -0.05) is 47.1 Å². The molecule has 8 heteroatoms. The lowest BCUT2D eigenvalue weighted by Crippen LogP contribution is -2.42. The number of oxime groups is 1. The Labute approximate surface area is 215 Å². The van der Waals surface area contributed by atoms with Gasteiger partial charge in [-0.15, -0.1) is 0 Å². The Morgan fingerprint density at radius 2 is 1.92 bits per heavy atom. The second-order valence-electron chi connectivity index (χ2n) is 9.30. The first-order chi connectivity index (χ1) is 17.5. The summed E-state index contributed by atoms with van der Waals surface area (Å²) in [5.41, 5.74) is 9.62. The Morgan fingerprint density at radius 3 is 2.67 bits per heavy atom. The highest BCUT2D eigenvalue weighted by Crippen LogP contribution is 2.39. The van der Waals surface area contributed by atoms with Crippen LogP contribution in [-0.4, -0.2) is 45.7 Å². The molecule has 0 saturated carbocycles. The SMILES string of the molecule is NC(=NO)c1cccc2c1C/C(=C/CCN1CCC(O)(c3ccc(Cl)cc3)CC1)c1cccnc1O2. The molecule has 2 aliphatic rings. The van der Waals surface area contributed by atoms with E-state index in [1.54, 1.807) is 6.20 Å². The third-order valence-corrected chi connectivity index (χ3v) is 7.36. The Hall–Kier alpha value is -3.39. The van der Waals surface area contributed by atoms with Crippen LogP contribution in [0.25, 0.3) is 5.57 Å². The molecule has 36 heavy (non-hydrogen) atoms. The highest BCUT2D eigenvalue weighted by Gasteiger charge is 2.33. The third kappa shape index (κ3) is 4.95. The molecular formula is C28H29ClN4O3. The van der Waals surface area contributed by atoms with Crippen molar-refractivity contribution in [2.45, 2.75) is 31.3 Å². The predicted octanol–water partition coefficient (Wildman–Crippen LogP) is 4.94. The van der Waals surface area contributed by atoms with Gasteiger partial charge >= 0.3 is 0 Å². The molecule has 4 N–H and O–H groups in total. The summed E-state index contributed by atoms with van der Waals surface area (Å²) < 4.78 is 6.15. The Kier molecular flexibility index (Phi) is 6.96. The van der Waals surface area contributed by atoms with Crippen LogP contribution in [0.1, 0.15) is 41.5 Å². The van der Waals surface area contributed by atoms with Crippen LogP contribution < -0.4 is 10.5 Å². The van der Waals surface area contributed by atoms with Gasteiger partial charge in [-0.2, -0.15) is 0 Å². The van der Waals surface area contributed by atoms with Gasteiger partial charge in [0.15, 0.2) is 5.84 Å². The fourth-order valence-corrected chi connectivity index (χ4v) is 5.17. The van der Waals surface area contributed by atoms with E-state index < -0.39 is 5.60 Å². The lowest BCUT2D eigenvalue weighted by atomic mass is 9.84. The first-order valence-electron chi connectivity index (χ1n) is 12.1. The summed E-state index contributed by atoms with van der Waals surface area (Å²) in [4.78, 5) is 6.83. The van der Waals surface area contributed by atoms with Gasteiger partial charge in [0.2, 0.25) is 5.88 Å². The number of fused-ring (bicyclic) bond motifs is 2. The quantitative estimate of drug-likeness (QED) is 0.197. The molecule has 1 fully saturated rings. The minimum Gasteiger partial charge on any atom is -0.438 e. The number of halogens is 1. The average Bonchev–Trinajstić information content (AvgIpc) is 3.06. The molecule has 186 valence electrons. The molecule has 3 heterocycles. The van der Waals surface area contributed by atoms with Crippen molar-refractivity contribution in [2.24, 2.45) is 10.9 Å². The van der Waals surface area contributed by atoms with Gasteiger partial charge in [0.25, 0.3) is 0 Å². The molecule has 0 radical (unpaired) electrons. The number of pyridine rings is 1.